The average molecular weight is 242 g/mol. The first-order valence-electron chi connectivity index (χ1n) is 5.51. The molecule has 2 aromatic carbocycles. The third kappa shape index (κ3) is 2.47. The van der Waals surface area contributed by atoms with Gasteiger partial charge in [-0.2, -0.15) is 0 Å². The molecule has 18 heavy (non-hydrogen) atoms. The second kappa shape index (κ2) is 5.37. The van der Waals surface area contributed by atoms with Crippen LogP contribution in [0.5, 0.6) is 0 Å². The molecule has 0 spiro atoms. The summed E-state index contributed by atoms with van der Waals surface area (Å²) in [4.78, 5) is 0. The van der Waals surface area contributed by atoms with Crippen LogP contribution in [0.3, 0.4) is 0 Å². The van der Waals surface area contributed by atoms with E-state index in [9.17, 15) is 20.1 Å². The Bertz CT molecular complexity index is 529. The Labute approximate surface area is 105 Å². The van der Waals surface area contributed by atoms with E-state index in [4.69, 9.17) is 0 Å². The number of hydrogen-bond donors (Lipinski definition) is 4. The number of benzene rings is 2. The predicted octanol–water partition coefficient (Wildman–Crippen LogP) is -1.29. The van der Waals surface area contributed by atoms with E-state index in [1.165, 1.54) is 6.07 Å². The molecule has 0 aliphatic carbocycles. The summed E-state index contributed by atoms with van der Waals surface area (Å²) < 4.78 is 0. The van der Waals surface area contributed by atoms with Gasteiger partial charge in [0.15, 0.2) is 0 Å². The highest BCUT2D eigenvalue weighted by Gasteiger charge is 2.26. The fourth-order valence-electron chi connectivity index (χ4n) is 1.97. The van der Waals surface area contributed by atoms with E-state index in [0.717, 1.165) is 5.56 Å². The zero-order valence-electron chi connectivity index (χ0n) is 9.56. The fourth-order valence-corrected chi connectivity index (χ4v) is 1.97. The molecule has 6 heteroatoms. The summed E-state index contributed by atoms with van der Waals surface area (Å²) in [5.41, 5.74) is 1.55. The minimum Gasteiger partial charge on any atom is -0.423 e. The SMILES string of the molecule is OB(O)c1cccc(-c2ccccc2)c1B(O)O. The van der Waals surface area contributed by atoms with Gasteiger partial charge in [0, 0.05) is 0 Å². The van der Waals surface area contributed by atoms with Gasteiger partial charge in [0.05, 0.1) is 0 Å². The highest BCUT2D eigenvalue weighted by molar-refractivity contribution is 6.72. The van der Waals surface area contributed by atoms with E-state index in [1.54, 1.807) is 12.1 Å². The largest absolute Gasteiger partial charge is 0.488 e. The van der Waals surface area contributed by atoms with Crippen molar-refractivity contribution in [3.05, 3.63) is 48.5 Å². The van der Waals surface area contributed by atoms with Crippen LogP contribution in [0.1, 0.15) is 0 Å². The second-order valence-electron chi connectivity index (χ2n) is 3.92. The summed E-state index contributed by atoms with van der Waals surface area (Å²) in [5, 5.41) is 37.4. The maximum absolute atomic E-state index is 9.43. The van der Waals surface area contributed by atoms with Gasteiger partial charge in [-0.15, -0.1) is 0 Å². The maximum Gasteiger partial charge on any atom is 0.488 e. The van der Waals surface area contributed by atoms with Crippen LogP contribution in [-0.2, 0) is 0 Å². The summed E-state index contributed by atoms with van der Waals surface area (Å²) >= 11 is 0. The van der Waals surface area contributed by atoms with Crippen molar-refractivity contribution in [2.45, 2.75) is 0 Å². The molecule has 0 radical (unpaired) electrons. The molecule has 0 atom stereocenters. The van der Waals surface area contributed by atoms with E-state index in [1.807, 2.05) is 30.3 Å². The molecule has 0 unspecified atom stereocenters. The Kier molecular flexibility index (Phi) is 3.84. The zero-order valence-corrected chi connectivity index (χ0v) is 9.56. The molecule has 0 saturated heterocycles. The Balaban J connectivity index is 2.64. The second-order valence-corrected chi connectivity index (χ2v) is 3.92. The Morgan fingerprint density at radius 1 is 0.667 bits per heavy atom. The van der Waals surface area contributed by atoms with E-state index >= 15 is 0 Å². The summed E-state index contributed by atoms with van der Waals surface area (Å²) in [6.07, 6.45) is 0. The molecule has 4 N–H and O–H groups in total. The first kappa shape index (κ1) is 12.9. The summed E-state index contributed by atoms with van der Waals surface area (Å²) in [6, 6.07) is 13.9. The van der Waals surface area contributed by atoms with E-state index in [0.29, 0.717) is 5.56 Å². The standard InChI is InChI=1S/C12H12B2O4/c15-13(16)11-8-4-7-10(12(11)14(17)18)9-5-2-1-3-6-9/h1-8,15-18H. The van der Waals surface area contributed by atoms with Crippen molar-refractivity contribution in [3.8, 4) is 11.1 Å². The van der Waals surface area contributed by atoms with Crippen molar-refractivity contribution in [3.63, 3.8) is 0 Å². The van der Waals surface area contributed by atoms with Gasteiger partial charge in [-0.1, -0.05) is 48.5 Å². The highest BCUT2D eigenvalue weighted by atomic mass is 16.4. The van der Waals surface area contributed by atoms with Crippen molar-refractivity contribution >= 4 is 25.2 Å². The Morgan fingerprint density at radius 2 is 1.33 bits per heavy atom. The molecular formula is C12H12B2O4. The van der Waals surface area contributed by atoms with Crippen LogP contribution in [0.25, 0.3) is 11.1 Å². The molecule has 0 heterocycles. The van der Waals surface area contributed by atoms with Crippen molar-refractivity contribution in [2.24, 2.45) is 0 Å². The first-order valence-corrected chi connectivity index (χ1v) is 5.51. The van der Waals surface area contributed by atoms with Crippen molar-refractivity contribution in [1.82, 2.24) is 0 Å². The molecule has 2 aromatic rings. The fraction of sp³-hybridized carbons (Fsp3) is 0. The van der Waals surface area contributed by atoms with Crippen LogP contribution in [0, 0.1) is 0 Å². The van der Waals surface area contributed by atoms with Crippen LogP contribution >= 0.6 is 0 Å². The van der Waals surface area contributed by atoms with Crippen LogP contribution in [-0.4, -0.2) is 34.3 Å². The normalized spacial score (nSPS) is 10.2. The lowest BCUT2D eigenvalue weighted by Gasteiger charge is -2.14. The molecule has 0 aliphatic rings. The molecule has 0 aliphatic heterocycles. The van der Waals surface area contributed by atoms with Crippen LogP contribution < -0.4 is 10.9 Å². The Morgan fingerprint density at radius 3 is 1.89 bits per heavy atom. The molecule has 0 saturated carbocycles. The minimum absolute atomic E-state index is 0.0892. The summed E-state index contributed by atoms with van der Waals surface area (Å²) in [5.74, 6) is 0. The number of hydrogen-bond acceptors (Lipinski definition) is 4. The lowest BCUT2D eigenvalue weighted by atomic mass is 9.63. The third-order valence-electron chi connectivity index (χ3n) is 2.76. The first-order chi connectivity index (χ1) is 8.61. The molecule has 0 aromatic heterocycles. The molecule has 0 amide bonds. The summed E-state index contributed by atoms with van der Waals surface area (Å²) in [6.45, 7) is 0. The smallest absolute Gasteiger partial charge is 0.423 e. The maximum atomic E-state index is 9.43. The van der Waals surface area contributed by atoms with Gasteiger partial charge in [-0.3, -0.25) is 0 Å². The topological polar surface area (TPSA) is 80.9 Å². The quantitative estimate of drug-likeness (QED) is 0.505. The summed E-state index contributed by atoms with van der Waals surface area (Å²) in [7, 11) is -3.51. The third-order valence-corrected chi connectivity index (χ3v) is 2.76. The molecule has 0 fully saturated rings. The molecule has 90 valence electrons. The van der Waals surface area contributed by atoms with Crippen LogP contribution in [0.2, 0.25) is 0 Å². The zero-order chi connectivity index (χ0) is 13.1. The monoisotopic (exact) mass is 242 g/mol. The lowest BCUT2D eigenvalue weighted by Crippen LogP contribution is -2.50. The van der Waals surface area contributed by atoms with E-state index < -0.39 is 14.2 Å². The predicted molar refractivity (Wildman–Crippen MR) is 71.5 cm³/mol. The molecule has 2 rings (SSSR count). The highest BCUT2D eigenvalue weighted by Crippen LogP contribution is 2.16. The molecule has 0 bridgehead atoms. The van der Waals surface area contributed by atoms with Gasteiger partial charge in [0.25, 0.3) is 0 Å². The molecular weight excluding hydrogens is 230 g/mol. The van der Waals surface area contributed by atoms with Gasteiger partial charge < -0.3 is 20.1 Å². The van der Waals surface area contributed by atoms with Gasteiger partial charge >= 0.3 is 14.2 Å². The minimum atomic E-state index is -1.77. The van der Waals surface area contributed by atoms with E-state index in [2.05, 4.69) is 0 Å². The van der Waals surface area contributed by atoms with Crippen molar-refractivity contribution in [2.75, 3.05) is 0 Å². The number of rotatable bonds is 3. The van der Waals surface area contributed by atoms with Gasteiger partial charge in [-0.25, -0.2) is 0 Å². The van der Waals surface area contributed by atoms with Gasteiger partial charge in [-0.05, 0) is 22.1 Å². The van der Waals surface area contributed by atoms with Crippen LogP contribution in [0.15, 0.2) is 48.5 Å². The average Bonchev–Trinajstić information content (AvgIpc) is 2.38. The van der Waals surface area contributed by atoms with Crippen molar-refractivity contribution < 1.29 is 20.1 Å². The van der Waals surface area contributed by atoms with Gasteiger partial charge in [0.2, 0.25) is 0 Å². The van der Waals surface area contributed by atoms with Crippen molar-refractivity contribution in [1.29, 1.82) is 0 Å². The lowest BCUT2D eigenvalue weighted by molar-refractivity contribution is 0.419. The van der Waals surface area contributed by atoms with E-state index in [-0.39, 0.29) is 10.9 Å². The molecule has 4 nitrogen and oxygen atoms in total. The Hall–Kier alpha value is -1.59. The van der Waals surface area contributed by atoms with Gasteiger partial charge in [0.1, 0.15) is 0 Å². The van der Waals surface area contributed by atoms with Crippen LogP contribution in [0.4, 0.5) is 0 Å².